The molecule has 0 saturated heterocycles. The molecule has 0 spiro atoms. The molecule has 0 unspecified atom stereocenters. The first kappa shape index (κ1) is 28.8. The third-order valence-electron chi connectivity index (χ3n) is 11.1. The van der Waals surface area contributed by atoms with E-state index in [1.807, 2.05) is 13.0 Å². The van der Waals surface area contributed by atoms with Gasteiger partial charge in [-0.15, -0.1) is 0 Å². The summed E-state index contributed by atoms with van der Waals surface area (Å²) in [4.78, 5) is 49.5. The summed E-state index contributed by atoms with van der Waals surface area (Å²) in [6.45, 7) is 9.03. The van der Waals surface area contributed by atoms with Crippen molar-refractivity contribution >= 4 is 23.7 Å². The molecule has 1 aliphatic heterocycles. The summed E-state index contributed by atoms with van der Waals surface area (Å²) in [5.41, 5.74) is 0.991. The number of hydrogen-bond donors (Lipinski definition) is 1. The number of cyclic esters (lactones) is 1. The number of ketones is 1. The van der Waals surface area contributed by atoms with Gasteiger partial charge in [-0.25, -0.2) is 4.79 Å². The van der Waals surface area contributed by atoms with Crippen molar-refractivity contribution < 1.29 is 38.5 Å². The van der Waals surface area contributed by atoms with Crippen LogP contribution in [-0.2, 0) is 33.4 Å². The summed E-state index contributed by atoms with van der Waals surface area (Å²) in [5.74, 6) is -0.473. The lowest BCUT2D eigenvalue weighted by Crippen LogP contribution is -2.59. The summed E-state index contributed by atoms with van der Waals surface area (Å²) >= 11 is 0. The number of carbonyl (C=O) groups excluding carboxylic acids is 4. The monoisotopic (exact) mass is 554 g/mol. The number of hydrogen-bond acceptors (Lipinski definition) is 8. The Morgan fingerprint density at radius 1 is 1.12 bits per heavy atom. The van der Waals surface area contributed by atoms with E-state index in [0.717, 1.165) is 31.3 Å². The van der Waals surface area contributed by atoms with Crippen molar-refractivity contribution in [3.05, 3.63) is 34.9 Å². The van der Waals surface area contributed by atoms with Gasteiger partial charge in [0.25, 0.3) is 0 Å². The van der Waals surface area contributed by atoms with Gasteiger partial charge < -0.3 is 19.3 Å². The number of ether oxygens (including phenoxy) is 3. The van der Waals surface area contributed by atoms with Gasteiger partial charge in [-0.3, -0.25) is 14.4 Å². The van der Waals surface area contributed by atoms with Crippen LogP contribution >= 0.6 is 0 Å². The van der Waals surface area contributed by atoms with E-state index >= 15 is 0 Å². The highest BCUT2D eigenvalue weighted by Gasteiger charge is 2.64. The lowest BCUT2D eigenvalue weighted by Gasteiger charge is -2.59. The quantitative estimate of drug-likeness (QED) is 0.383. The van der Waals surface area contributed by atoms with Gasteiger partial charge in [-0.05, 0) is 85.7 Å². The average Bonchev–Trinajstić information content (AvgIpc) is 3.24. The number of rotatable bonds is 6. The average molecular weight is 555 g/mol. The third-order valence-corrected chi connectivity index (χ3v) is 11.1. The SMILES string of the molecule is CC(=O)OCC1=C(C)C[C@H]([C@@H](C)[C@H]2CC[C@H]3[C@@H]4C[C@@H](O)C5=CC=CC(=O)[C@]5(COC(C)=O)[C@H]4CC[C@]23C)OC1=O. The van der Waals surface area contributed by atoms with Crippen molar-refractivity contribution in [2.45, 2.75) is 85.4 Å². The van der Waals surface area contributed by atoms with Crippen molar-refractivity contribution in [1.82, 2.24) is 0 Å². The van der Waals surface area contributed by atoms with Crippen LogP contribution in [0.4, 0.5) is 0 Å². The molecule has 40 heavy (non-hydrogen) atoms. The van der Waals surface area contributed by atoms with Crippen LogP contribution in [0.25, 0.3) is 0 Å². The highest BCUT2D eigenvalue weighted by Crippen LogP contribution is 2.67. The summed E-state index contributed by atoms with van der Waals surface area (Å²) in [6.07, 6.45) is 9.03. The summed E-state index contributed by atoms with van der Waals surface area (Å²) in [6, 6.07) is 0. The lowest BCUT2D eigenvalue weighted by atomic mass is 9.45. The Bertz CT molecular complexity index is 1200. The molecule has 0 aromatic heterocycles. The Balaban J connectivity index is 1.39. The highest BCUT2D eigenvalue weighted by atomic mass is 16.6. The molecule has 3 saturated carbocycles. The Hall–Kier alpha value is -2.74. The maximum Gasteiger partial charge on any atom is 0.337 e. The molecule has 0 aromatic carbocycles. The molecule has 0 bridgehead atoms. The summed E-state index contributed by atoms with van der Waals surface area (Å²) in [5, 5.41) is 11.3. The van der Waals surface area contributed by atoms with Crippen LogP contribution in [0.2, 0.25) is 0 Å². The van der Waals surface area contributed by atoms with Crippen LogP contribution < -0.4 is 0 Å². The molecule has 0 radical (unpaired) electrons. The van der Waals surface area contributed by atoms with E-state index in [2.05, 4.69) is 13.8 Å². The van der Waals surface area contributed by atoms with Crippen LogP contribution in [-0.4, -0.2) is 54.2 Å². The Labute approximate surface area is 236 Å². The van der Waals surface area contributed by atoms with Gasteiger partial charge in [0.2, 0.25) is 0 Å². The molecule has 5 rings (SSSR count). The number of aliphatic hydroxyl groups excluding tert-OH is 1. The predicted octanol–water partition coefficient (Wildman–Crippen LogP) is 4.26. The van der Waals surface area contributed by atoms with Gasteiger partial charge in [0, 0.05) is 20.3 Å². The van der Waals surface area contributed by atoms with E-state index < -0.39 is 29.4 Å². The van der Waals surface area contributed by atoms with Crippen LogP contribution in [0.3, 0.4) is 0 Å². The number of aliphatic hydroxyl groups is 1. The first-order valence-electron chi connectivity index (χ1n) is 14.7. The normalized spacial score (nSPS) is 39.4. The van der Waals surface area contributed by atoms with E-state index in [1.54, 1.807) is 12.2 Å². The van der Waals surface area contributed by atoms with Crippen molar-refractivity contribution in [3.63, 3.8) is 0 Å². The number of allylic oxidation sites excluding steroid dienone is 3. The molecule has 1 N–H and O–H groups in total. The maximum atomic E-state index is 13.6. The molecule has 0 aromatic rings. The maximum absolute atomic E-state index is 13.6. The second kappa shape index (κ2) is 10.6. The predicted molar refractivity (Wildman–Crippen MR) is 145 cm³/mol. The largest absolute Gasteiger partial charge is 0.464 e. The summed E-state index contributed by atoms with van der Waals surface area (Å²) in [7, 11) is 0. The number of fused-ring (bicyclic) bond motifs is 5. The Kier molecular flexibility index (Phi) is 7.62. The van der Waals surface area contributed by atoms with E-state index in [-0.39, 0.29) is 48.3 Å². The first-order valence-corrected chi connectivity index (χ1v) is 14.7. The first-order chi connectivity index (χ1) is 18.9. The zero-order chi connectivity index (χ0) is 29.0. The molecule has 1 heterocycles. The van der Waals surface area contributed by atoms with E-state index in [1.165, 1.54) is 13.8 Å². The van der Waals surface area contributed by atoms with Crippen LogP contribution in [0.1, 0.15) is 73.1 Å². The fourth-order valence-corrected chi connectivity index (χ4v) is 9.24. The minimum absolute atomic E-state index is 0.00685. The second-order valence-corrected chi connectivity index (χ2v) is 13.0. The molecule has 0 amide bonds. The molecule has 8 nitrogen and oxygen atoms in total. The zero-order valence-electron chi connectivity index (χ0n) is 24.2. The van der Waals surface area contributed by atoms with Gasteiger partial charge in [0.1, 0.15) is 19.3 Å². The molecule has 4 aliphatic carbocycles. The lowest BCUT2D eigenvalue weighted by molar-refractivity contribution is -0.159. The van der Waals surface area contributed by atoms with Crippen molar-refractivity contribution in [2.75, 3.05) is 13.2 Å². The molecular formula is C32H42O8. The molecule has 8 heteroatoms. The van der Waals surface area contributed by atoms with Crippen molar-refractivity contribution in [3.8, 4) is 0 Å². The van der Waals surface area contributed by atoms with Crippen LogP contribution in [0.5, 0.6) is 0 Å². The van der Waals surface area contributed by atoms with Gasteiger partial charge >= 0.3 is 17.9 Å². The van der Waals surface area contributed by atoms with E-state index in [0.29, 0.717) is 35.8 Å². The molecule has 5 aliphatic rings. The standard InChI is InChI=1S/C32H42O8/c1-17-13-28(40-30(37)22(17)15-38-19(3)33)18(2)23-9-10-24-21-14-27(35)26-7-6-8-29(36)32(26,16-39-20(4)34)25(21)11-12-31(23,24)5/h6-8,18,21,23-25,27-28,35H,9-16H2,1-5H3/t18-,21-,23+,24-,25-,27+,28+,31+,32+/m0/s1. The van der Waals surface area contributed by atoms with E-state index in [4.69, 9.17) is 14.2 Å². The molecule has 3 fully saturated rings. The fourth-order valence-electron chi connectivity index (χ4n) is 9.24. The third kappa shape index (κ3) is 4.56. The van der Waals surface area contributed by atoms with Crippen LogP contribution in [0.15, 0.2) is 34.9 Å². The van der Waals surface area contributed by atoms with Gasteiger partial charge in [0.15, 0.2) is 5.78 Å². The highest BCUT2D eigenvalue weighted by molar-refractivity contribution is 6.00. The van der Waals surface area contributed by atoms with Crippen molar-refractivity contribution in [2.24, 2.45) is 40.4 Å². The number of esters is 3. The Morgan fingerprint density at radius 3 is 2.52 bits per heavy atom. The van der Waals surface area contributed by atoms with E-state index in [9.17, 15) is 24.3 Å². The molecule has 218 valence electrons. The second-order valence-electron chi connectivity index (χ2n) is 13.0. The van der Waals surface area contributed by atoms with Crippen LogP contribution in [0, 0.1) is 40.4 Å². The fraction of sp³-hybridized carbons (Fsp3) is 0.688. The minimum atomic E-state index is -1.01. The van der Waals surface area contributed by atoms with Gasteiger partial charge in [-0.1, -0.05) is 31.6 Å². The minimum Gasteiger partial charge on any atom is -0.464 e. The van der Waals surface area contributed by atoms with Gasteiger partial charge in [0.05, 0.1) is 17.1 Å². The molecule has 9 atom stereocenters. The smallest absolute Gasteiger partial charge is 0.337 e. The molecular weight excluding hydrogens is 512 g/mol. The summed E-state index contributed by atoms with van der Waals surface area (Å²) < 4.78 is 16.5. The Morgan fingerprint density at radius 2 is 1.85 bits per heavy atom. The van der Waals surface area contributed by atoms with Crippen molar-refractivity contribution in [1.29, 1.82) is 0 Å². The zero-order valence-corrected chi connectivity index (χ0v) is 24.2. The topological polar surface area (TPSA) is 116 Å². The number of carbonyl (C=O) groups is 4. The van der Waals surface area contributed by atoms with Gasteiger partial charge in [-0.2, -0.15) is 0 Å².